The lowest BCUT2D eigenvalue weighted by atomic mass is 10.00. The van der Waals surface area contributed by atoms with Gasteiger partial charge in [0.25, 0.3) is 0 Å². The molecule has 1 atom stereocenters. The summed E-state index contributed by atoms with van der Waals surface area (Å²) in [6.07, 6.45) is 0. The SMILES string of the molecule is Cc1ccc(C)c(C(C)NCC(=O)NCC(C)C)c1. The van der Waals surface area contributed by atoms with Crippen LogP contribution in [0.3, 0.4) is 0 Å². The highest BCUT2D eigenvalue weighted by Crippen LogP contribution is 2.18. The molecule has 19 heavy (non-hydrogen) atoms. The van der Waals surface area contributed by atoms with Crippen LogP contribution in [0.15, 0.2) is 18.2 Å². The number of nitrogens with one attached hydrogen (secondary N) is 2. The molecule has 106 valence electrons. The highest BCUT2D eigenvalue weighted by Gasteiger charge is 2.10. The standard InChI is InChI=1S/C16H26N2O/c1-11(2)9-18-16(19)10-17-14(5)15-8-12(3)6-7-13(15)4/h6-8,11,14,17H,9-10H2,1-5H3,(H,18,19). The number of benzene rings is 1. The van der Waals surface area contributed by atoms with Gasteiger partial charge in [0.1, 0.15) is 0 Å². The maximum absolute atomic E-state index is 11.7. The summed E-state index contributed by atoms with van der Waals surface area (Å²) in [6.45, 7) is 11.6. The normalized spacial score (nSPS) is 12.5. The van der Waals surface area contributed by atoms with Gasteiger partial charge in [-0.25, -0.2) is 0 Å². The third-order valence-electron chi connectivity index (χ3n) is 3.18. The van der Waals surface area contributed by atoms with Crippen molar-refractivity contribution in [1.29, 1.82) is 0 Å². The van der Waals surface area contributed by atoms with E-state index in [1.54, 1.807) is 0 Å². The zero-order chi connectivity index (χ0) is 14.4. The molecule has 3 nitrogen and oxygen atoms in total. The van der Waals surface area contributed by atoms with Crippen molar-refractivity contribution in [1.82, 2.24) is 10.6 Å². The Hall–Kier alpha value is -1.35. The lowest BCUT2D eigenvalue weighted by Gasteiger charge is -2.17. The molecule has 3 heteroatoms. The van der Waals surface area contributed by atoms with Gasteiger partial charge in [-0.05, 0) is 37.8 Å². The number of aryl methyl sites for hydroxylation is 2. The van der Waals surface area contributed by atoms with E-state index in [0.717, 1.165) is 6.54 Å². The van der Waals surface area contributed by atoms with E-state index in [2.05, 4.69) is 63.5 Å². The minimum Gasteiger partial charge on any atom is -0.355 e. The Balaban J connectivity index is 2.49. The van der Waals surface area contributed by atoms with Gasteiger partial charge in [0.15, 0.2) is 0 Å². The predicted octanol–water partition coefficient (Wildman–Crippen LogP) is 2.73. The van der Waals surface area contributed by atoms with Crippen molar-refractivity contribution < 1.29 is 4.79 Å². The molecule has 2 N–H and O–H groups in total. The van der Waals surface area contributed by atoms with Crippen LogP contribution in [0.5, 0.6) is 0 Å². The third kappa shape index (κ3) is 5.43. The van der Waals surface area contributed by atoms with Gasteiger partial charge in [-0.1, -0.05) is 37.6 Å². The Kier molecular flexibility index (Phi) is 6.03. The van der Waals surface area contributed by atoms with Crippen LogP contribution in [0, 0.1) is 19.8 Å². The highest BCUT2D eigenvalue weighted by atomic mass is 16.1. The molecular weight excluding hydrogens is 236 g/mol. The molecule has 1 unspecified atom stereocenters. The molecule has 1 aromatic rings. The van der Waals surface area contributed by atoms with Crippen LogP contribution in [-0.4, -0.2) is 19.0 Å². The van der Waals surface area contributed by atoms with Crippen molar-refractivity contribution in [3.63, 3.8) is 0 Å². The Labute approximate surface area is 116 Å². The number of carbonyl (C=O) groups excluding carboxylic acids is 1. The van der Waals surface area contributed by atoms with Crippen molar-refractivity contribution in [2.45, 2.75) is 40.7 Å². The molecule has 1 amide bonds. The molecule has 1 rings (SSSR count). The topological polar surface area (TPSA) is 41.1 Å². The lowest BCUT2D eigenvalue weighted by Crippen LogP contribution is -2.36. The largest absolute Gasteiger partial charge is 0.355 e. The zero-order valence-electron chi connectivity index (χ0n) is 12.7. The minimum atomic E-state index is 0.0610. The molecule has 0 radical (unpaired) electrons. The average molecular weight is 262 g/mol. The van der Waals surface area contributed by atoms with Gasteiger partial charge in [0.2, 0.25) is 5.91 Å². The monoisotopic (exact) mass is 262 g/mol. The van der Waals surface area contributed by atoms with Gasteiger partial charge in [0, 0.05) is 12.6 Å². The molecule has 0 aliphatic heterocycles. The Morgan fingerprint density at radius 2 is 1.89 bits per heavy atom. The van der Waals surface area contributed by atoms with Crippen LogP contribution in [0.1, 0.15) is 43.5 Å². The second-order valence-corrected chi connectivity index (χ2v) is 5.66. The number of amides is 1. The van der Waals surface area contributed by atoms with Gasteiger partial charge < -0.3 is 10.6 Å². The first kappa shape index (κ1) is 15.7. The number of hydrogen-bond acceptors (Lipinski definition) is 2. The number of rotatable bonds is 6. The maximum atomic E-state index is 11.7. The first-order chi connectivity index (χ1) is 8.90. The van der Waals surface area contributed by atoms with Crippen molar-refractivity contribution in [2.24, 2.45) is 5.92 Å². The van der Waals surface area contributed by atoms with E-state index in [1.165, 1.54) is 16.7 Å². The van der Waals surface area contributed by atoms with E-state index in [4.69, 9.17) is 0 Å². The Morgan fingerprint density at radius 1 is 1.21 bits per heavy atom. The van der Waals surface area contributed by atoms with E-state index in [1.807, 2.05) is 0 Å². The smallest absolute Gasteiger partial charge is 0.233 e. The lowest BCUT2D eigenvalue weighted by molar-refractivity contribution is -0.120. The molecule has 0 bridgehead atoms. The van der Waals surface area contributed by atoms with E-state index < -0.39 is 0 Å². The second kappa shape index (κ2) is 7.29. The first-order valence-electron chi connectivity index (χ1n) is 6.97. The zero-order valence-corrected chi connectivity index (χ0v) is 12.7. The molecule has 0 aromatic heterocycles. The summed E-state index contributed by atoms with van der Waals surface area (Å²) in [4.78, 5) is 11.7. The number of hydrogen-bond donors (Lipinski definition) is 2. The van der Waals surface area contributed by atoms with Crippen molar-refractivity contribution in [2.75, 3.05) is 13.1 Å². The van der Waals surface area contributed by atoms with Gasteiger partial charge in [0.05, 0.1) is 6.54 Å². The summed E-state index contributed by atoms with van der Waals surface area (Å²) in [7, 11) is 0. The quantitative estimate of drug-likeness (QED) is 0.827. The van der Waals surface area contributed by atoms with Gasteiger partial charge in [-0.15, -0.1) is 0 Å². The van der Waals surface area contributed by atoms with E-state index in [9.17, 15) is 4.79 Å². The van der Waals surface area contributed by atoms with Crippen LogP contribution in [0.25, 0.3) is 0 Å². The summed E-state index contributed by atoms with van der Waals surface area (Å²) in [6, 6.07) is 6.60. The second-order valence-electron chi connectivity index (χ2n) is 5.66. The molecule has 1 aromatic carbocycles. The summed E-state index contributed by atoms with van der Waals surface area (Å²) < 4.78 is 0. The predicted molar refractivity (Wildman–Crippen MR) is 80.2 cm³/mol. The van der Waals surface area contributed by atoms with Crippen LogP contribution in [-0.2, 0) is 4.79 Å². The number of carbonyl (C=O) groups is 1. The maximum Gasteiger partial charge on any atom is 0.233 e. The van der Waals surface area contributed by atoms with Gasteiger partial charge >= 0.3 is 0 Å². The van der Waals surface area contributed by atoms with Crippen LogP contribution >= 0.6 is 0 Å². The van der Waals surface area contributed by atoms with Crippen LogP contribution in [0.4, 0.5) is 0 Å². The molecule has 0 saturated carbocycles. The summed E-state index contributed by atoms with van der Waals surface area (Å²) in [5.41, 5.74) is 3.77. The molecule has 0 aliphatic rings. The minimum absolute atomic E-state index is 0.0610. The molecule has 0 saturated heterocycles. The van der Waals surface area contributed by atoms with Gasteiger partial charge in [-0.2, -0.15) is 0 Å². The van der Waals surface area contributed by atoms with Crippen molar-refractivity contribution >= 4 is 5.91 Å². The summed E-state index contributed by atoms with van der Waals surface area (Å²) >= 11 is 0. The highest BCUT2D eigenvalue weighted by molar-refractivity contribution is 5.78. The Bertz CT molecular complexity index is 427. The van der Waals surface area contributed by atoms with E-state index in [-0.39, 0.29) is 11.9 Å². The van der Waals surface area contributed by atoms with Crippen molar-refractivity contribution in [3.8, 4) is 0 Å². The van der Waals surface area contributed by atoms with E-state index >= 15 is 0 Å². The van der Waals surface area contributed by atoms with Gasteiger partial charge in [-0.3, -0.25) is 4.79 Å². The summed E-state index contributed by atoms with van der Waals surface area (Å²) in [5, 5.41) is 6.19. The molecule has 0 aliphatic carbocycles. The fourth-order valence-electron chi connectivity index (χ4n) is 1.96. The van der Waals surface area contributed by atoms with E-state index in [0.29, 0.717) is 12.5 Å². The first-order valence-corrected chi connectivity index (χ1v) is 6.97. The average Bonchev–Trinajstić information content (AvgIpc) is 2.36. The van der Waals surface area contributed by atoms with Crippen LogP contribution < -0.4 is 10.6 Å². The molecule has 0 fully saturated rings. The Morgan fingerprint density at radius 3 is 2.53 bits per heavy atom. The van der Waals surface area contributed by atoms with Crippen molar-refractivity contribution in [3.05, 3.63) is 34.9 Å². The fourth-order valence-corrected chi connectivity index (χ4v) is 1.96. The fraction of sp³-hybridized carbons (Fsp3) is 0.562. The third-order valence-corrected chi connectivity index (χ3v) is 3.18. The molecule has 0 heterocycles. The molecular formula is C16H26N2O. The van der Waals surface area contributed by atoms with Crippen LogP contribution in [0.2, 0.25) is 0 Å². The summed E-state index contributed by atoms with van der Waals surface area (Å²) in [5.74, 6) is 0.547. The molecule has 0 spiro atoms.